The average molecular weight is 234 g/mol. The number of carbonyl (C=O) groups is 1. The smallest absolute Gasteiger partial charge is 0.239 e. The molecular weight excluding hydrogens is 212 g/mol. The van der Waals surface area contributed by atoms with E-state index in [1.807, 2.05) is 42.2 Å². The number of nitrogens with two attached hydrogens (primary N) is 1. The standard InChI is InChI=1S/C14H22N2O/c1-3-10-16(14(17)13(15)4-2)11-12-8-6-5-7-9-12/h5-9,13H,3-4,10-11,15H2,1-2H3. The second-order valence-corrected chi connectivity index (χ2v) is 4.26. The van der Waals surface area contributed by atoms with Crippen molar-refractivity contribution in [1.82, 2.24) is 4.90 Å². The van der Waals surface area contributed by atoms with Crippen molar-refractivity contribution in [3.05, 3.63) is 35.9 Å². The van der Waals surface area contributed by atoms with Crippen LogP contribution in [0.25, 0.3) is 0 Å². The van der Waals surface area contributed by atoms with Gasteiger partial charge in [0.1, 0.15) is 0 Å². The highest BCUT2D eigenvalue weighted by molar-refractivity contribution is 5.81. The van der Waals surface area contributed by atoms with Gasteiger partial charge in [-0.05, 0) is 18.4 Å². The summed E-state index contributed by atoms with van der Waals surface area (Å²) in [5, 5.41) is 0. The molecule has 0 bridgehead atoms. The number of amides is 1. The van der Waals surface area contributed by atoms with Crippen LogP contribution in [0, 0.1) is 0 Å². The van der Waals surface area contributed by atoms with Crippen LogP contribution in [0.15, 0.2) is 30.3 Å². The molecule has 0 aromatic heterocycles. The maximum Gasteiger partial charge on any atom is 0.239 e. The van der Waals surface area contributed by atoms with E-state index in [1.165, 1.54) is 0 Å². The summed E-state index contributed by atoms with van der Waals surface area (Å²) in [7, 11) is 0. The molecule has 0 heterocycles. The average Bonchev–Trinajstić information content (AvgIpc) is 2.37. The summed E-state index contributed by atoms with van der Waals surface area (Å²) in [6.45, 7) is 5.43. The lowest BCUT2D eigenvalue weighted by molar-refractivity contribution is -0.133. The first kappa shape index (κ1) is 13.7. The summed E-state index contributed by atoms with van der Waals surface area (Å²) < 4.78 is 0. The van der Waals surface area contributed by atoms with Crippen molar-refractivity contribution >= 4 is 5.91 Å². The van der Waals surface area contributed by atoms with Crippen LogP contribution in [0.3, 0.4) is 0 Å². The van der Waals surface area contributed by atoms with E-state index in [4.69, 9.17) is 5.73 Å². The summed E-state index contributed by atoms with van der Waals surface area (Å²) >= 11 is 0. The summed E-state index contributed by atoms with van der Waals surface area (Å²) in [4.78, 5) is 13.9. The normalized spacial score (nSPS) is 12.2. The Hall–Kier alpha value is -1.35. The van der Waals surface area contributed by atoms with E-state index in [-0.39, 0.29) is 11.9 Å². The van der Waals surface area contributed by atoms with Crippen LogP contribution >= 0.6 is 0 Å². The molecule has 0 radical (unpaired) electrons. The van der Waals surface area contributed by atoms with Gasteiger partial charge in [0, 0.05) is 13.1 Å². The first-order chi connectivity index (χ1) is 8.19. The lowest BCUT2D eigenvalue weighted by Gasteiger charge is -2.25. The van der Waals surface area contributed by atoms with Crippen LogP contribution in [0.5, 0.6) is 0 Å². The minimum absolute atomic E-state index is 0.0539. The second-order valence-electron chi connectivity index (χ2n) is 4.26. The van der Waals surface area contributed by atoms with Crippen molar-refractivity contribution in [2.45, 2.75) is 39.3 Å². The lowest BCUT2D eigenvalue weighted by Crippen LogP contribution is -2.43. The number of benzene rings is 1. The SMILES string of the molecule is CCCN(Cc1ccccc1)C(=O)C(N)CC. The molecule has 0 aliphatic rings. The third-order valence-electron chi connectivity index (χ3n) is 2.78. The number of hydrogen-bond donors (Lipinski definition) is 1. The molecule has 1 atom stereocenters. The Morgan fingerprint density at radius 2 is 1.94 bits per heavy atom. The van der Waals surface area contributed by atoms with Gasteiger partial charge in [-0.1, -0.05) is 44.2 Å². The predicted octanol–water partition coefficient (Wildman–Crippen LogP) is 2.16. The maximum atomic E-state index is 12.1. The highest BCUT2D eigenvalue weighted by Crippen LogP contribution is 2.07. The first-order valence-corrected chi connectivity index (χ1v) is 6.27. The zero-order valence-corrected chi connectivity index (χ0v) is 10.7. The molecule has 1 aromatic rings. The molecule has 17 heavy (non-hydrogen) atoms. The Balaban J connectivity index is 2.69. The van der Waals surface area contributed by atoms with E-state index in [9.17, 15) is 4.79 Å². The van der Waals surface area contributed by atoms with Crippen molar-refractivity contribution in [3.8, 4) is 0 Å². The molecule has 1 rings (SSSR count). The minimum atomic E-state index is -0.370. The van der Waals surface area contributed by atoms with Crippen molar-refractivity contribution in [2.24, 2.45) is 5.73 Å². The van der Waals surface area contributed by atoms with E-state index in [1.54, 1.807) is 0 Å². The van der Waals surface area contributed by atoms with Crippen molar-refractivity contribution < 1.29 is 4.79 Å². The largest absolute Gasteiger partial charge is 0.337 e. The van der Waals surface area contributed by atoms with Crippen LogP contribution in [-0.2, 0) is 11.3 Å². The fourth-order valence-corrected chi connectivity index (χ4v) is 1.75. The number of hydrogen-bond acceptors (Lipinski definition) is 2. The summed E-state index contributed by atoms with van der Waals surface area (Å²) in [5.74, 6) is 0.0539. The third kappa shape index (κ3) is 4.19. The van der Waals surface area contributed by atoms with E-state index in [2.05, 4.69) is 6.92 Å². The van der Waals surface area contributed by atoms with E-state index in [0.717, 1.165) is 18.5 Å². The third-order valence-corrected chi connectivity index (χ3v) is 2.78. The molecule has 0 saturated carbocycles. The Labute approximate surface area is 104 Å². The molecule has 0 saturated heterocycles. The quantitative estimate of drug-likeness (QED) is 0.820. The van der Waals surface area contributed by atoms with Gasteiger partial charge in [0.05, 0.1) is 6.04 Å². The van der Waals surface area contributed by atoms with E-state index < -0.39 is 0 Å². The van der Waals surface area contributed by atoms with Crippen molar-refractivity contribution in [1.29, 1.82) is 0 Å². The van der Waals surface area contributed by atoms with E-state index in [0.29, 0.717) is 13.0 Å². The van der Waals surface area contributed by atoms with Crippen LogP contribution in [-0.4, -0.2) is 23.4 Å². The fraction of sp³-hybridized carbons (Fsp3) is 0.500. The Bertz CT molecular complexity index is 337. The number of nitrogens with zero attached hydrogens (tertiary/aromatic N) is 1. The first-order valence-electron chi connectivity index (χ1n) is 6.27. The topological polar surface area (TPSA) is 46.3 Å². The Morgan fingerprint density at radius 1 is 1.29 bits per heavy atom. The Morgan fingerprint density at radius 3 is 2.47 bits per heavy atom. The molecule has 0 aliphatic carbocycles. The van der Waals surface area contributed by atoms with Gasteiger partial charge in [0.15, 0.2) is 0 Å². The molecule has 0 aliphatic heterocycles. The van der Waals surface area contributed by atoms with Gasteiger partial charge in [-0.3, -0.25) is 4.79 Å². The molecule has 1 unspecified atom stereocenters. The highest BCUT2D eigenvalue weighted by atomic mass is 16.2. The van der Waals surface area contributed by atoms with Gasteiger partial charge in [-0.25, -0.2) is 0 Å². The molecule has 1 aromatic carbocycles. The lowest BCUT2D eigenvalue weighted by atomic mass is 10.1. The fourth-order valence-electron chi connectivity index (χ4n) is 1.75. The number of rotatable bonds is 6. The zero-order valence-electron chi connectivity index (χ0n) is 10.7. The predicted molar refractivity (Wildman–Crippen MR) is 70.4 cm³/mol. The minimum Gasteiger partial charge on any atom is -0.337 e. The highest BCUT2D eigenvalue weighted by Gasteiger charge is 2.18. The maximum absolute atomic E-state index is 12.1. The van der Waals surface area contributed by atoms with Gasteiger partial charge in [-0.15, -0.1) is 0 Å². The molecule has 0 fully saturated rings. The van der Waals surface area contributed by atoms with Crippen LogP contribution in [0.1, 0.15) is 32.3 Å². The second kappa shape index (κ2) is 7.07. The van der Waals surface area contributed by atoms with Gasteiger partial charge in [-0.2, -0.15) is 0 Å². The van der Waals surface area contributed by atoms with Gasteiger partial charge >= 0.3 is 0 Å². The summed E-state index contributed by atoms with van der Waals surface area (Å²) in [5.41, 5.74) is 6.96. The van der Waals surface area contributed by atoms with E-state index >= 15 is 0 Å². The molecular formula is C14H22N2O. The summed E-state index contributed by atoms with van der Waals surface area (Å²) in [6.07, 6.45) is 1.64. The monoisotopic (exact) mass is 234 g/mol. The molecule has 1 amide bonds. The van der Waals surface area contributed by atoms with Gasteiger partial charge in [0.2, 0.25) is 5.91 Å². The van der Waals surface area contributed by atoms with Crippen LogP contribution < -0.4 is 5.73 Å². The van der Waals surface area contributed by atoms with Crippen LogP contribution in [0.4, 0.5) is 0 Å². The molecule has 2 N–H and O–H groups in total. The zero-order chi connectivity index (χ0) is 12.7. The molecule has 0 spiro atoms. The van der Waals surface area contributed by atoms with Crippen molar-refractivity contribution in [2.75, 3.05) is 6.54 Å². The summed E-state index contributed by atoms with van der Waals surface area (Å²) in [6, 6.07) is 9.66. The van der Waals surface area contributed by atoms with Gasteiger partial charge < -0.3 is 10.6 Å². The Kier molecular flexibility index (Phi) is 5.70. The molecule has 3 nitrogen and oxygen atoms in total. The van der Waals surface area contributed by atoms with Crippen LogP contribution in [0.2, 0.25) is 0 Å². The van der Waals surface area contributed by atoms with Gasteiger partial charge in [0.25, 0.3) is 0 Å². The van der Waals surface area contributed by atoms with Crippen molar-refractivity contribution in [3.63, 3.8) is 0 Å². The molecule has 94 valence electrons. The molecule has 3 heteroatoms. The number of carbonyl (C=O) groups excluding carboxylic acids is 1.